The first-order valence-electron chi connectivity index (χ1n) is 9.22. The van der Waals surface area contributed by atoms with Gasteiger partial charge in [0.1, 0.15) is 29.8 Å². The summed E-state index contributed by atoms with van der Waals surface area (Å²) in [6, 6.07) is 18.7. The Kier molecular flexibility index (Phi) is 7.66. The average molecular weight is 547 g/mol. The van der Waals surface area contributed by atoms with E-state index in [-0.39, 0.29) is 18.0 Å². The maximum absolute atomic E-state index is 13.8. The third kappa shape index (κ3) is 6.06. The Morgan fingerprint density at radius 3 is 2.71 bits per heavy atom. The molecule has 0 bridgehead atoms. The van der Waals surface area contributed by atoms with Crippen molar-refractivity contribution >= 4 is 51.9 Å². The van der Waals surface area contributed by atoms with Gasteiger partial charge in [0.25, 0.3) is 5.91 Å². The second-order valence-electron chi connectivity index (χ2n) is 6.65. The number of halogens is 3. The number of carbonyl (C=O) groups is 1. The predicted molar refractivity (Wildman–Crippen MR) is 128 cm³/mol. The molecule has 0 unspecified atom stereocenters. The molecule has 0 aliphatic rings. The molecule has 0 saturated heterocycles. The van der Waals surface area contributed by atoms with Crippen LogP contribution in [0.25, 0.3) is 6.08 Å². The van der Waals surface area contributed by atoms with E-state index in [0.717, 1.165) is 9.13 Å². The van der Waals surface area contributed by atoms with E-state index in [2.05, 4.69) is 27.9 Å². The minimum absolute atomic E-state index is 0.0461. The minimum Gasteiger partial charge on any atom is -0.488 e. The van der Waals surface area contributed by atoms with Crippen LogP contribution in [0.3, 0.4) is 0 Å². The van der Waals surface area contributed by atoms with Crippen LogP contribution in [0.4, 0.5) is 10.1 Å². The van der Waals surface area contributed by atoms with Crippen LogP contribution < -0.4 is 10.1 Å². The third-order valence-electron chi connectivity index (χ3n) is 4.42. The molecule has 0 fully saturated rings. The van der Waals surface area contributed by atoms with E-state index in [9.17, 15) is 14.4 Å². The topological polar surface area (TPSA) is 62.1 Å². The zero-order valence-corrected chi connectivity index (χ0v) is 19.4. The lowest BCUT2D eigenvalue weighted by Crippen LogP contribution is -2.14. The van der Waals surface area contributed by atoms with Crippen molar-refractivity contribution in [2.45, 2.75) is 13.5 Å². The van der Waals surface area contributed by atoms with E-state index < -0.39 is 5.91 Å². The number of nitrogens with zero attached hydrogens (tertiary/aromatic N) is 1. The van der Waals surface area contributed by atoms with Gasteiger partial charge in [-0.1, -0.05) is 41.9 Å². The molecule has 0 aliphatic carbocycles. The molecule has 0 radical (unpaired) electrons. The maximum Gasteiger partial charge on any atom is 0.266 e. The van der Waals surface area contributed by atoms with Gasteiger partial charge in [-0.15, -0.1) is 0 Å². The van der Waals surface area contributed by atoms with E-state index in [4.69, 9.17) is 16.3 Å². The lowest BCUT2D eigenvalue weighted by molar-refractivity contribution is -0.112. The lowest BCUT2D eigenvalue weighted by Gasteiger charge is -2.10. The molecule has 3 aromatic carbocycles. The molecular weight excluding hydrogens is 530 g/mol. The Morgan fingerprint density at radius 2 is 2.00 bits per heavy atom. The Hall–Kier alpha value is -2.89. The molecule has 0 aromatic heterocycles. The molecule has 0 heterocycles. The van der Waals surface area contributed by atoms with Crippen molar-refractivity contribution < 1.29 is 13.9 Å². The average Bonchev–Trinajstić information content (AvgIpc) is 2.75. The summed E-state index contributed by atoms with van der Waals surface area (Å²) >= 11 is 8.08. The highest BCUT2D eigenvalue weighted by molar-refractivity contribution is 14.1. The number of hydrogen-bond acceptors (Lipinski definition) is 3. The molecule has 3 aromatic rings. The molecule has 1 amide bonds. The van der Waals surface area contributed by atoms with Crippen LogP contribution in [0.15, 0.2) is 66.2 Å². The fourth-order valence-corrected chi connectivity index (χ4v) is 3.60. The molecule has 0 aliphatic heterocycles. The van der Waals surface area contributed by atoms with Crippen molar-refractivity contribution in [3.05, 3.63) is 97.3 Å². The SMILES string of the molecule is Cc1ccc(Cl)cc1NC(=O)/C(C#N)=C/c1ccc(OCc2ccccc2F)c(I)c1. The number of ether oxygens (including phenoxy) is 1. The molecule has 0 saturated carbocycles. The van der Waals surface area contributed by atoms with Crippen LogP contribution in [0, 0.1) is 27.6 Å². The van der Waals surface area contributed by atoms with Crippen LogP contribution in [0.2, 0.25) is 5.02 Å². The highest BCUT2D eigenvalue weighted by atomic mass is 127. The van der Waals surface area contributed by atoms with Gasteiger partial charge in [-0.2, -0.15) is 5.26 Å². The Labute approximate surface area is 198 Å². The van der Waals surface area contributed by atoms with E-state index >= 15 is 0 Å². The second-order valence-corrected chi connectivity index (χ2v) is 8.25. The van der Waals surface area contributed by atoms with Crippen LogP contribution in [-0.4, -0.2) is 5.91 Å². The van der Waals surface area contributed by atoms with Crippen molar-refractivity contribution in [1.82, 2.24) is 0 Å². The molecule has 7 heteroatoms. The first-order chi connectivity index (χ1) is 14.9. The van der Waals surface area contributed by atoms with Gasteiger partial charge < -0.3 is 10.1 Å². The minimum atomic E-state index is -0.525. The normalized spacial score (nSPS) is 11.0. The zero-order valence-electron chi connectivity index (χ0n) is 16.5. The standard InChI is InChI=1S/C24H17ClFIN2O2/c1-15-6-8-19(25)12-22(15)29-24(30)18(13-28)10-16-7-9-23(21(27)11-16)31-14-17-4-2-3-5-20(17)26/h2-12H,14H2,1H3,(H,29,30)/b18-10+. The summed E-state index contributed by atoms with van der Waals surface area (Å²) in [6.45, 7) is 1.94. The van der Waals surface area contributed by atoms with E-state index in [1.54, 1.807) is 54.6 Å². The number of benzene rings is 3. The molecule has 1 N–H and O–H groups in total. The molecule has 156 valence electrons. The fraction of sp³-hybridized carbons (Fsp3) is 0.0833. The zero-order chi connectivity index (χ0) is 22.4. The fourth-order valence-electron chi connectivity index (χ4n) is 2.73. The van der Waals surface area contributed by atoms with Gasteiger partial charge in [0.15, 0.2) is 0 Å². The predicted octanol–water partition coefficient (Wildman–Crippen LogP) is 6.52. The monoisotopic (exact) mass is 546 g/mol. The summed E-state index contributed by atoms with van der Waals surface area (Å²) in [5.41, 5.74) is 2.46. The molecule has 31 heavy (non-hydrogen) atoms. The Morgan fingerprint density at radius 1 is 1.23 bits per heavy atom. The van der Waals surface area contributed by atoms with Gasteiger partial charge in [-0.3, -0.25) is 4.79 Å². The number of aryl methyl sites for hydroxylation is 1. The van der Waals surface area contributed by atoms with E-state index in [1.807, 2.05) is 13.0 Å². The molecular formula is C24H17ClFIN2O2. The van der Waals surface area contributed by atoms with Crippen LogP contribution >= 0.6 is 34.2 Å². The number of anilines is 1. The molecule has 4 nitrogen and oxygen atoms in total. The van der Waals surface area contributed by atoms with Crippen molar-refractivity contribution in [1.29, 1.82) is 5.26 Å². The number of hydrogen-bond donors (Lipinski definition) is 1. The van der Waals surface area contributed by atoms with Gasteiger partial charge in [0, 0.05) is 16.3 Å². The number of nitriles is 1. The largest absolute Gasteiger partial charge is 0.488 e. The van der Waals surface area contributed by atoms with Gasteiger partial charge in [0.2, 0.25) is 0 Å². The Bertz CT molecular complexity index is 1200. The van der Waals surface area contributed by atoms with Crippen LogP contribution in [-0.2, 0) is 11.4 Å². The summed E-state index contributed by atoms with van der Waals surface area (Å²) in [6.07, 6.45) is 1.50. The number of amides is 1. The summed E-state index contributed by atoms with van der Waals surface area (Å²) in [7, 11) is 0. The van der Waals surface area contributed by atoms with Gasteiger partial charge >= 0.3 is 0 Å². The number of nitrogens with one attached hydrogen (secondary N) is 1. The molecule has 3 rings (SSSR count). The van der Waals surface area contributed by atoms with Gasteiger partial charge in [-0.25, -0.2) is 4.39 Å². The highest BCUT2D eigenvalue weighted by Crippen LogP contribution is 2.25. The van der Waals surface area contributed by atoms with Crippen molar-refractivity contribution in [2.75, 3.05) is 5.32 Å². The summed E-state index contributed by atoms with van der Waals surface area (Å²) in [5, 5.41) is 12.7. The maximum atomic E-state index is 13.8. The lowest BCUT2D eigenvalue weighted by atomic mass is 10.1. The summed E-state index contributed by atoms with van der Waals surface area (Å²) in [5.74, 6) is -0.266. The highest BCUT2D eigenvalue weighted by Gasteiger charge is 2.12. The Balaban J connectivity index is 1.74. The third-order valence-corrected chi connectivity index (χ3v) is 5.50. The van der Waals surface area contributed by atoms with Crippen molar-refractivity contribution in [3.63, 3.8) is 0 Å². The van der Waals surface area contributed by atoms with Crippen LogP contribution in [0.5, 0.6) is 5.75 Å². The smallest absolute Gasteiger partial charge is 0.266 e. The van der Waals surface area contributed by atoms with E-state index in [1.165, 1.54) is 12.1 Å². The molecule has 0 atom stereocenters. The van der Waals surface area contributed by atoms with E-state index in [0.29, 0.717) is 27.6 Å². The summed E-state index contributed by atoms with van der Waals surface area (Å²) in [4.78, 5) is 12.5. The van der Waals surface area contributed by atoms with Gasteiger partial charge in [0.05, 0.1) is 3.57 Å². The first kappa shape index (κ1) is 22.8. The second kappa shape index (κ2) is 10.4. The van der Waals surface area contributed by atoms with Crippen molar-refractivity contribution in [2.24, 2.45) is 0 Å². The van der Waals surface area contributed by atoms with Crippen molar-refractivity contribution in [3.8, 4) is 11.8 Å². The summed E-state index contributed by atoms with van der Waals surface area (Å²) < 4.78 is 20.2. The quantitative estimate of drug-likeness (QED) is 0.218. The number of rotatable bonds is 6. The number of carbonyl (C=O) groups excluding carboxylic acids is 1. The van der Waals surface area contributed by atoms with Gasteiger partial charge in [-0.05, 0) is 77.0 Å². The molecule has 0 spiro atoms. The van der Waals surface area contributed by atoms with Crippen LogP contribution in [0.1, 0.15) is 16.7 Å². The first-order valence-corrected chi connectivity index (χ1v) is 10.7.